The van der Waals surface area contributed by atoms with Crippen LogP contribution in [0.4, 0.5) is 0 Å². The number of hydrogen-bond donors (Lipinski definition) is 2. The number of fused-ring (bicyclic) bond motifs is 1. The van der Waals surface area contributed by atoms with Gasteiger partial charge in [0.05, 0.1) is 11.2 Å². The second-order valence-corrected chi connectivity index (χ2v) is 5.11. The van der Waals surface area contributed by atoms with Crippen molar-refractivity contribution in [2.24, 2.45) is 0 Å². The second kappa shape index (κ2) is 3.68. The Balaban J connectivity index is 2.22. The molecule has 1 aromatic carbocycles. The third-order valence-corrected chi connectivity index (χ3v) is 4.03. The number of aliphatic hydroxyl groups is 1. The van der Waals surface area contributed by atoms with Crippen LogP contribution in [-0.2, 0) is 5.60 Å². The van der Waals surface area contributed by atoms with Gasteiger partial charge in [0.15, 0.2) is 0 Å². The summed E-state index contributed by atoms with van der Waals surface area (Å²) >= 11 is 1.54. The Labute approximate surface area is 103 Å². The Morgan fingerprint density at radius 1 is 1.24 bits per heavy atom. The first-order chi connectivity index (χ1) is 8.19. The zero-order chi connectivity index (χ0) is 11.9. The van der Waals surface area contributed by atoms with E-state index in [9.17, 15) is 5.11 Å². The maximum Gasteiger partial charge on any atom is 0.138 e. The number of nitrogens with one attached hydrogen (secondary N) is 1. The SMILES string of the molecule is CC(O)(c1cccs1)c1[nH]nc2ccccc12. The molecule has 0 amide bonds. The standard InChI is InChI=1S/C13H12N2OS/c1-13(16,11-7-4-8-17-11)12-9-5-2-3-6-10(9)14-15-12/h2-8,16H,1H3,(H,14,15). The summed E-state index contributed by atoms with van der Waals surface area (Å²) in [6.07, 6.45) is 0. The summed E-state index contributed by atoms with van der Waals surface area (Å²) < 4.78 is 0. The van der Waals surface area contributed by atoms with Crippen molar-refractivity contribution in [2.45, 2.75) is 12.5 Å². The van der Waals surface area contributed by atoms with Crippen molar-refractivity contribution in [2.75, 3.05) is 0 Å². The van der Waals surface area contributed by atoms with Gasteiger partial charge in [0.1, 0.15) is 5.60 Å². The summed E-state index contributed by atoms with van der Waals surface area (Å²) in [4.78, 5) is 0.909. The third-order valence-electron chi connectivity index (χ3n) is 2.95. The van der Waals surface area contributed by atoms with E-state index in [1.165, 1.54) is 11.3 Å². The van der Waals surface area contributed by atoms with Crippen LogP contribution in [0.25, 0.3) is 10.9 Å². The van der Waals surface area contributed by atoms with Gasteiger partial charge in [-0.2, -0.15) is 5.10 Å². The van der Waals surface area contributed by atoms with Gasteiger partial charge in [-0.15, -0.1) is 11.3 Å². The highest BCUT2D eigenvalue weighted by atomic mass is 32.1. The van der Waals surface area contributed by atoms with Crippen molar-refractivity contribution >= 4 is 22.2 Å². The van der Waals surface area contributed by atoms with Gasteiger partial charge >= 0.3 is 0 Å². The van der Waals surface area contributed by atoms with Crippen molar-refractivity contribution in [1.29, 1.82) is 0 Å². The molecule has 2 heterocycles. The maximum atomic E-state index is 10.7. The summed E-state index contributed by atoms with van der Waals surface area (Å²) in [5, 5.41) is 20.8. The van der Waals surface area contributed by atoms with Crippen molar-refractivity contribution in [3.8, 4) is 0 Å². The van der Waals surface area contributed by atoms with Crippen LogP contribution >= 0.6 is 11.3 Å². The van der Waals surface area contributed by atoms with Crippen molar-refractivity contribution in [3.63, 3.8) is 0 Å². The molecule has 2 N–H and O–H groups in total. The number of nitrogens with zero attached hydrogens (tertiary/aromatic N) is 1. The molecule has 17 heavy (non-hydrogen) atoms. The van der Waals surface area contributed by atoms with Crippen LogP contribution in [-0.4, -0.2) is 15.3 Å². The molecule has 0 aliphatic carbocycles. The molecule has 1 unspecified atom stereocenters. The van der Waals surface area contributed by atoms with Gasteiger partial charge in [0.25, 0.3) is 0 Å². The van der Waals surface area contributed by atoms with Gasteiger partial charge in [-0.25, -0.2) is 0 Å². The Hall–Kier alpha value is -1.65. The van der Waals surface area contributed by atoms with E-state index in [1.54, 1.807) is 6.92 Å². The molecule has 3 rings (SSSR count). The van der Waals surface area contributed by atoms with Gasteiger partial charge in [0.2, 0.25) is 0 Å². The number of thiophene rings is 1. The Morgan fingerprint density at radius 2 is 2.06 bits per heavy atom. The highest BCUT2D eigenvalue weighted by Crippen LogP contribution is 2.34. The van der Waals surface area contributed by atoms with Crippen molar-refractivity contribution in [1.82, 2.24) is 10.2 Å². The summed E-state index contributed by atoms with van der Waals surface area (Å²) in [6, 6.07) is 11.7. The monoisotopic (exact) mass is 244 g/mol. The van der Waals surface area contributed by atoms with Gasteiger partial charge in [-0.1, -0.05) is 24.3 Å². The molecule has 0 fully saturated rings. The van der Waals surface area contributed by atoms with E-state index in [-0.39, 0.29) is 0 Å². The number of rotatable bonds is 2. The van der Waals surface area contributed by atoms with Gasteiger partial charge < -0.3 is 5.11 Å². The number of para-hydroxylation sites is 1. The van der Waals surface area contributed by atoms with Crippen LogP contribution in [0.1, 0.15) is 17.5 Å². The average molecular weight is 244 g/mol. The predicted octanol–water partition coefficient (Wildman–Crippen LogP) is 2.88. The molecule has 0 saturated heterocycles. The van der Waals surface area contributed by atoms with Crippen LogP contribution in [0, 0.1) is 0 Å². The molecular formula is C13H12N2OS. The second-order valence-electron chi connectivity index (χ2n) is 4.17. The molecule has 0 aliphatic rings. The van der Waals surface area contributed by atoms with Gasteiger partial charge in [-0.3, -0.25) is 5.10 Å². The lowest BCUT2D eigenvalue weighted by molar-refractivity contribution is 0.103. The molecule has 0 aliphatic heterocycles. The minimum Gasteiger partial charge on any atom is -0.378 e. The fourth-order valence-electron chi connectivity index (χ4n) is 2.01. The predicted molar refractivity (Wildman–Crippen MR) is 69.1 cm³/mol. The minimum atomic E-state index is -1.02. The number of hydrogen-bond acceptors (Lipinski definition) is 3. The van der Waals surface area contributed by atoms with Gasteiger partial charge in [-0.05, 0) is 24.4 Å². The molecule has 0 saturated carbocycles. The lowest BCUT2D eigenvalue weighted by Crippen LogP contribution is -2.22. The molecule has 3 nitrogen and oxygen atoms in total. The molecule has 3 aromatic rings. The maximum absolute atomic E-state index is 10.7. The fourth-order valence-corrected chi connectivity index (χ4v) is 2.80. The normalized spacial score (nSPS) is 14.9. The first-order valence-electron chi connectivity index (χ1n) is 5.39. The van der Waals surface area contributed by atoms with Crippen LogP contribution in [0.3, 0.4) is 0 Å². The highest BCUT2D eigenvalue weighted by Gasteiger charge is 2.30. The molecule has 0 spiro atoms. The number of aromatic amines is 1. The molecule has 2 aromatic heterocycles. The van der Waals surface area contributed by atoms with E-state index in [1.807, 2.05) is 41.8 Å². The zero-order valence-electron chi connectivity index (χ0n) is 9.34. The molecule has 1 atom stereocenters. The molecule has 0 bridgehead atoms. The number of benzene rings is 1. The van der Waals surface area contributed by atoms with Crippen molar-refractivity contribution < 1.29 is 5.11 Å². The van der Waals surface area contributed by atoms with E-state index < -0.39 is 5.60 Å². The molecule has 4 heteroatoms. The largest absolute Gasteiger partial charge is 0.378 e. The van der Waals surface area contributed by atoms with Crippen LogP contribution in [0.2, 0.25) is 0 Å². The van der Waals surface area contributed by atoms with E-state index in [0.29, 0.717) is 0 Å². The lowest BCUT2D eigenvalue weighted by atomic mass is 9.97. The Kier molecular flexibility index (Phi) is 2.28. The van der Waals surface area contributed by atoms with Crippen LogP contribution < -0.4 is 0 Å². The van der Waals surface area contributed by atoms with E-state index in [2.05, 4.69) is 10.2 Å². The Bertz CT molecular complexity index is 640. The highest BCUT2D eigenvalue weighted by molar-refractivity contribution is 7.10. The smallest absolute Gasteiger partial charge is 0.138 e. The molecule has 86 valence electrons. The van der Waals surface area contributed by atoms with Crippen molar-refractivity contribution in [3.05, 3.63) is 52.3 Å². The topological polar surface area (TPSA) is 48.9 Å². The lowest BCUT2D eigenvalue weighted by Gasteiger charge is -2.20. The Morgan fingerprint density at radius 3 is 2.82 bits per heavy atom. The zero-order valence-corrected chi connectivity index (χ0v) is 10.2. The first-order valence-corrected chi connectivity index (χ1v) is 6.27. The van der Waals surface area contributed by atoms with E-state index in [4.69, 9.17) is 0 Å². The fraction of sp³-hybridized carbons (Fsp3) is 0.154. The van der Waals surface area contributed by atoms with Crippen LogP contribution in [0.5, 0.6) is 0 Å². The first kappa shape index (κ1) is 10.5. The minimum absolute atomic E-state index is 0.746. The number of aromatic nitrogens is 2. The third kappa shape index (κ3) is 1.57. The molecular weight excluding hydrogens is 232 g/mol. The summed E-state index contributed by atoms with van der Waals surface area (Å²) in [7, 11) is 0. The summed E-state index contributed by atoms with van der Waals surface area (Å²) in [5.74, 6) is 0. The summed E-state index contributed by atoms with van der Waals surface area (Å²) in [6.45, 7) is 1.79. The van der Waals surface area contributed by atoms with E-state index >= 15 is 0 Å². The van der Waals surface area contributed by atoms with E-state index in [0.717, 1.165) is 21.5 Å². The van der Waals surface area contributed by atoms with Crippen LogP contribution in [0.15, 0.2) is 41.8 Å². The molecule has 0 radical (unpaired) electrons. The average Bonchev–Trinajstić information content (AvgIpc) is 2.99. The summed E-state index contributed by atoms with van der Waals surface area (Å²) in [5.41, 5.74) is 0.597. The number of H-pyrrole nitrogens is 1. The van der Waals surface area contributed by atoms with Gasteiger partial charge in [0, 0.05) is 10.3 Å². The quantitative estimate of drug-likeness (QED) is 0.728.